The van der Waals surface area contributed by atoms with Crippen molar-refractivity contribution in [1.82, 2.24) is 20.0 Å². The minimum absolute atomic E-state index is 0.268. The Balaban J connectivity index is 1.64. The van der Waals surface area contributed by atoms with Gasteiger partial charge in [-0.3, -0.25) is 0 Å². The highest BCUT2D eigenvalue weighted by molar-refractivity contribution is 5.68. The molecule has 0 bridgehead atoms. The van der Waals surface area contributed by atoms with E-state index in [2.05, 4.69) is 20.0 Å². The molecule has 0 N–H and O–H groups in total. The van der Waals surface area contributed by atoms with Gasteiger partial charge in [0.2, 0.25) is 0 Å². The molecular formula is C17H23N5O3. The molecular weight excluding hydrogens is 322 g/mol. The molecule has 0 radical (unpaired) electrons. The number of carbonyl (C=O) groups excluding carboxylic acids is 1. The van der Waals surface area contributed by atoms with E-state index in [0.717, 1.165) is 11.4 Å². The van der Waals surface area contributed by atoms with Crippen LogP contribution in [0.3, 0.4) is 0 Å². The Kier molecular flexibility index (Phi) is 4.61. The van der Waals surface area contributed by atoms with Gasteiger partial charge in [0.1, 0.15) is 11.4 Å². The summed E-state index contributed by atoms with van der Waals surface area (Å²) in [6.07, 6.45) is 1.46. The normalized spacial score (nSPS) is 15.4. The molecule has 1 saturated heterocycles. The molecule has 2 aromatic rings. The first-order valence-corrected chi connectivity index (χ1v) is 8.31. The minimum atomic E-state index is -0.480. The second-order valence-corrected chi connectivity index (χ2v) is 7.00. The number of hydrogen-bond donors (Lipinski definition) is 0. The number of pyridine rings is 1. The lowest BCUT2D eigenvalue weighted by Gasteiger charge is -2.36. The third-order valence-electron chi connectivity index (χ3n) is 3.78. The number of piperazine rings is 1. The van der Waals surface area contributed by atoms with Crippen LogP contribution in [-0.2, 0) is 4.74 Å². The van der Waals surface area contributed by atoms with Gasteiger partial charge < -0.3 is 19.1 Å². The standard InChI is InChI=1S/C17H23N5O3/c1-12-19-15(25-20-12)13-5-6-18-14(11-13)21-7-9-22(10-8-21)16(23)24-17(2,3)4/h5-6,11H,7-10H2,1-4H3. The summed E-state index contributed by atoms with van der Waals surface area (Å²) >= 11 is 0. The molecule has 134 valence electrons. The van der Waals surface area contributed by atoms with Crippen molar-refractivity contribution in [1.29, 1.82) is 0 Å². The summed E-state index contributed by atoms with van der Waals surface area (Å²) in [7, 11) is 0. The van der Waals surface area contributed by atoms with Crippen LogP contribution in [0, 0.1) is 6.92 Å². The van der Waals surface area contributed by atoms with Crippen LogP contribution in [0.4, 0.5) is 10.6 Å². The average Bonchev–Trinajstić information content (AvgIpc) is 3.00. The fourth-order valence-electron chi connectivity index (χ4n) is 2.58. The highest BCUT2D eigenvalue weighted by Gasteiger charge is 2.26. The lowest BCUT2D eigenvalue weighted by atomic mass is 10.2. The highest BCUT2D eigenvalue weighted by atomic mass is 16.6. The Hall–Kier alpha value is -2.64. The van der Waals surface area contributed by atoms with Crippen molar-refractivity contribution >= 4 is 11.9 Å². The van der Waals surface area contributed by atoms with E-state index in [-0.39, 0.29) is 6.09 Å². The van der Waals surface area contributed by atoms with Crippen molar-refractivity contribution in [2.75, 3.05) is 31.1 Å². The monoisotopic (exact) mass is 345 g/mol. The maximum absolute atomic E-state index is 12.1. The number of carbonyl (C=O) groups is 1. The Morgan fingerprint density at radius 2 is 1.96 bits per heavy atom. The molecule has 1 aliphatic rings. The summed E-state index contributed by atoms with van der Waals surface area (Å²) in [6.45, 7) is 9.98. The Morgan fingerprint density at radius 3 is 2.56 bits per heavy atom. The topological polar surface area (TPSA) is 84.6 Å². The summed E-state index contributed by atoms with van der Waals surface area (Å²) in [5, 5.41) is 3.82. The molecule has 1 aliphatic heterocycles. The van der Waals surface area contributed by atoms with Gasteiger partial charge in [0.15, 0.2) is 5.82 Å². The van der Waals surface area contributed by atoms with Gasteiger partial charge in [0.25, 0.3) is 5.89 Å². The summed E-state index contributed by atoms with van der Waals surface area (Å²) in [5.41, 5.74) is 0.354. The van der Waals surface area contributed by atoms with Crippen molar-refractivity contribution in [2.24, 2.45) is 0 Å². The van der Waals surface area contributed by atoms with Crippen molar-refractivity contribution in [2.45, 2.75) is 33.3 Å². The number of rotatable bonds is 2. The van der Waals surface area contributed by atoms with Gasteiger partial charge in [-0.05, 0) is 39.8 Å². The zero-order valence-electron chi connectivity index (χ0n) is 15.0. The molecule has 8 heteroatoms. The molecule has 1 fully saturated rings. The fourth-order valence-corrected chi connectivity index (χ4v) is 2.58. The van der Waals surface area contributed by atoms with Crippen molar-refractivity contribution in [3.63, 3.8) is 0 Å². The van der Waals surface area contributed by atoms with E-state index in [1.807, 2.05) is 32.9 Å². The molecule has 0 unspecified atom stereocenters. The zero-order chi connectivity index (χ0) is 18.0. The van der Waals surface area contributed by atoms with Gasteiger partial charge in [0, 0.05) is 37.9 Å². The van der Waals surface area contributed by atoms with Gasteiger partial charge in [-0.25, -0.2) is 9.78 Å². The van der Waals surface area contributed by atoms with Gasteiger partial charge in [-0.2, -0.15) is 4.98 Å². The summed E-state index contributed by atoms with van der Waals surface area (Å²) in [4.78, 5) is 24.7. The first kappa shape index (κ1) is 17.2. The Morgan fingerprint density at radius 1 is 1.24 bits per heavy atom. The fraction of sp³-hybridized carbons (Fsp3) is 0.529. The molecule has 2 aromatic heterocycles. The molecule has 1 amide bonds. The van der Waals surface area contributed by atoms with Crippen molar-refractivity contribution < 1.29 is 14.1 Å². The predicted octanol–water partition coefficient (Wildman–Crippen LogP) is 2.50. The van der Waals surface area contributed by atoms with E-state index in [1.54, 1.807) is 18.0 Å². The van der Waals surface area contributed by atoms with E-state index < -0.39 is 5.60 Å². The van der Waals surface area contributed by atoms with Crippen LogP contribution in [0.25, 0.3) is 11.5 Å². The Bertz CT molecular complexity index is 745. The van der Waals surface area contributed by atoms with Gasteiger partial charge in [0.05, 0.1) is 0 Å². The number of aryl methyl sites for hydroxylation is 1. The largest absolute Gasteiger partial charge is 0.444 e. The smallest absolute Gasteiger partial charge is 0.410 e. The molecule has 0 aliphatic carbocycles. The number of amides is 1. The molecule has 3 rings (SSSR count). The number of hydrogen-bond acceptors (Lipinski definition) is 7. The lowest BCUT2D eigenvalue weighted by molar-refractivity contribution is 0.0240. The summed E-state index contributed by atoms with van der Waals surface area (Å²) in [5.74, 6) is 1.91. The molecule has 0 saturated carbocycles. The quantitative estimate of drug-likeness (QED) is 0.826. The van der Waals surface area contributed by atoms with Crippen LogP contribution in [0.1, 0.15) is 26.6 Å². The number of aromatic nitrogens is 3. The van der Waals surface area contributed by atoms with Crippen LogP contribution in [-0.4, -0.2) is 57.9 Å². The van der Waals surface area contributed by atoms with E-state index >= 15 is 0 Å². The van der Waals surface area contributed by atoms with E-state index in [1.165, 1.54) is 0 Å². The molecule has 3 heterocycles. The number of ether oxygens (including phenoxy) is 1. The van der Waals surface area contributed by atoms with Crippen LogP contribution in [0.5, 0.6) is 0 Å². The maximum atomic E-state index is 12.1. The second kappa shape index (κ2) is 6.70. The maximum Gasteiger partial charge on any atom is 0.410 e. The molecule has 25 heavy (non-hydrogen) atoms. The van der Waals surface area contributed by atoms with Gasteiger partial charge in [-0.15, -0.1) is 0 Å². The highest BCUT2D eigenvalue weighted by Crippen LogP contribution is 2.22. The van der Waals surface area contributed by atoms with Crippen molar-refractivity contribution in [3.05, 3.63) is 24.2 Å². The van der Waals surface area contributed by atoms with Gasteiger partial charge >= 0.3 is 6.09 Å². The lowest BCUT2D eigenvalue weighted by Crippen LogP contribution is -2.50. The van der Waals surface area contributed by atoms with Crippen LogP contribution in [0.15, 0.2) is 22.9 Å². The van der Waals surface area contributed by atoms with Crippen LogP contribution >= 0.6 is 0 Å². The van der Waals surface area contributed by atoms with E-state index in [9.17, 15) is 4.79 Å². The van der Waals surface area contributed by atoms with Crippen LogP contribution in [0.2, 0.25) is 0 Å². The zero-order valence-corrected chi connectivity index (χ0v) is 15.0. The number of nitrogens with zero attached hydrogens (tertiary/aromatic N) is 5. The third kappa shape index (κ3) is 4.26. The molecule has 0 atom stereocenters. The van der Waals surface area contributed by atoms with Crippen LogP contribution < -0.4 is 4.90 Å². The summed E-state index contributed by atoms with van der Waals surface area (Å²) in [6, 6.07) is 3.77. The summed E-state index contributed by atoms with van der Waals surface area (Å²) < 4.78 is 10.6. The average molecular weight is 345 g/mol. The molecule has 0 aromatic carbocycles. The molecule has 0 spiro atoms. The SMILES string of the molecule is Cc1noc(-c2ccnc(N3CCN(C(=O)OC(C)(C)C)CC3)c2)n1. The molecule has 8 nitrogen and oxygen atoms in total. The second-order valence-electron chi connectivity index (χ2n) is 7.00. The van der Waals surface area contributed by atoms with E-state index in [4.69, 9.17) is 9.26 Å². The predicted molar refractivity (Wildman–Crippen MR) is 92.3 cm³/mol. The van der Waals surface area contributed by atoms with E-state index in [0.29, 0.717) is 37.9 Å². The third-order valence-corrected chi connectivity index (χ3v) is 3.78. The number of anilines is 1. The van der Waals surface area contributed by atoms with Crippen molar-refractivity contribution in [3.8, 4) is 11.5 Å². The Labute approximate surface area is 146 Å². The first-order chi connectivity index (χ1) is 11.8. The minimum Gasteiger partial charge on any atom is -0.444 e. The first-order valence-electron chi connectivity index (χ1n) is 8.31. The van der Waals surface area contributed by atoms with Gasteiger partial charge in [-0.1, -0.05) is 5.16 Å².